The fourth-order valence-corrected chi connectivity index (χ4v) is 2.73. The first-order valence-electron chi connectivity index (χ1n) is 7.35. The largest absolute Gasteiger partial charge is 0.397 e. The molecule has 0 fully saturated rings. The summed E-state index contributed by atoms with van der Waals surface area (Å²) in [6.07, 6.45) is 0. The van der Waals surface area contributed by atoms with Crippen molar-refractivity contribution in [3.05, 3.63) is 46.2 Å². The summed E-state index contributed by atoms with van der Waals surface area (Å²) in [7, 11) is 1.57. The highest BCUT2D eigenvalue weighted by Crippen LogP contribution is 2.21. The molecule has 2 aromatic rings. The average molecular weight is 348 g/mol. The molecule has 0 atom stereocenters. The van der Waals surface area contributed by atoms with Crippen LogP contribution in [0.4, 0.5) is 16.2 Å². The van der Waals surface area contributed by atoms with Crippen molar-refractivity contribution < 1.29 is 14.3 Å². The van der Waals surface area contributed by atoms with Crippen LogP contribution in [0.5, 0.6) is 0 Å². The van der Waals surface area contributed by atoms with E-state index >= 15 is 0 Å². The summed E-state index contributed by atoms with van der Waals surface area (Å²) in [5.74, 6) is -0.228. The predicted molar refractivity (Wildman–Crippen MR) is 95.2 cm³/mol. The van der Waals surface area contributed by atoms with Gasteiger partial charge in [0.2, 0.25) is 0 Å². The Morgan fingerprint density at radius 2 is 1.96 bits per heavy atom. The van der Waals surface area contributed by atoms with Crippen LogP contribution in [0, 0.1) is 0 Å². The van der Waals surface area contributed by atoms with E-state index in [4.69, 9.17) is 10.5 Å². The van der Waals surface area contributed by atoms with E-state index in [9.17, 15) is 9.59 Å². The molecule has 24 heavy (non-hydrogen) atoms. The van der Waals surface area contributed by atoms with Crippen molar-refractivity contribution in [2.75, 3.05) is 31.3 Å². The quantitative estimate of drug-likeness (QED) is 0.454. The molecule has 0 saturated carbocycles. The third-order valence-corrected chi connectivity index (χ3v) is 4.19. The predicted octanol–water partition coefficient (Wildman–Crippen LogP) is 2.03. The second kappa shape index (κ2) is 8.90. The number of ether oxygens (including phenoxy) is 1. The maximum Gasteiger partial charge on any atom is 0.315 e. The zero-order valence-electron chi connectivity index (χ0n) is 13.3. The van der Waals surface area contributed by atoms with Gasteiger partial charge in [0.1, 0.15) is 0 Å². The summed E-state index contributed by atoms with van der Waals surface area (Å²) in [6.45, 7) is 1.25. The normalized spacial score (nSPS) is 10.2. The van der Waals surface area contributed by atoms with Gasteiger partial charge in [-0.2, -0.15) is 0 Å². The molecule has 5 N–H and O–H groups in total. The number of anilines is 2. The van der Waals surface area contributed by atoms with E-state index < -0.39 is 0 Å². The molecule has 7 nitrogen and oxygen atoms in total. The van der Waals surface area contributed by atoms with Crippen molar-refractivity contribution in [2.45, 2.75) is 6.54 Å². The molecule has 0 aliphatic rings. The lowest BCUT2D eigenvalue weighted by atomic mass is 10.2. The number of urea groups is 1. The van der Waals surface area contributed by atoms with Crippen molar-refractivity contribution in [1.82, 2.24) is 10.6 Å². The Kier molecular flexibility index (Phi) is 6.59. The molecular formula is C16H20N4O3S. The Labute approximate surface area is 144 Å². The summed E-state index contributed by atoms with van der Waals surface area (Å²) in [6, 6.07) is 10.3. The number of carbonyl (C=O) groups is 2. The highest BCUT2D eigenvalue weighted by molar-refractivity contribution is 7.14. The highest BCUT2D eigenvalue weighted by Gasteiger charge is 2.11. The van der Waals surface area contributed by atoms with Crippen molar-refractivity contribution >= 4 is 34.6 Å². The Hall–Kier alpha value is -2.58. The standard InChI is InChI=1S/C16H20N4O3S/c1-23-9-8-18-16(22)19-10-11-6-7-14(24-11)15(21)20-13-5-3-2-4-12(13)17/h2-7H,8-10,17H2,1H3,(H,20,21)(H2,18,19,22). The molecule has 0 spiro atoms. The number of hydrogen-bond donors (Lipinski definition) is 4. The fourth-order valence-electron chi connectivity index (χ4n) is 1.89. The molecular weight excluding hydrogens is 328 g/mol. The van der Waals surface area contributed by atoms with Gasteiger partial charge in [-0.1, -0.05) is 12.1 Å². The van der Waals surface area contributed by atoms with E-state index in [2.05, 4.69) is 16.0 Å². The summed E-state index contributed by atoms with van der Waals surface area (Å²) < 4.78 is 4.85. The van der Waals surface area contributed by atoms with Gasteiger partial charge in [-0.25, -0.2) is 4.79 Å². The van der Waals surface area contributed by atoms with Crippen LogP contribution in [0.2, 0.25) is 0 Å². The molecule has 0 aliphatic carbocycles. The molecule has 0 unspecified atom stereocenters. The van der Waals surface area contributed by atoms with E-state index in [0.717, 1.165) is 4.88 Å². The van der Waals surface area contributed by atoms with E-state index in [1.54, 1.807) is 37.4 Å². The maximum atomic E-state index is 12.2. The van der Waals surface area contributed by atoms with Gasteiger partial charge in [-0.15, -0.1) is 11.3 Å². The number of carbonyl (C=O) groups excluding carboxylic acids is 2. The summed E-state index contributed by atoms with van der Waals surface area (Å²) in [4.78, 5) is 25.2. The molecule has 1 aromatic carbocycles. The number of nitrogen functional groups attached to an aromatic ring is 1. The van der Waals surface area contributed by atoms with Gasteiger partial charge in [0, 0.05) is 18.5 Å². The van der Waals surface area contributed by atoms with Gasteiger partial charge in [0.25, 0.3) is 5.91 Å². The van der Waals surface area contributed by atoms with Crippen LogP contribution in [-0.4, -0.2) is 32.2 Å². The molecule has 1 heterocycles. The van der Waals surface area contributed by atoms with Gasteiger partial charge in [-0.3, -0.25) is 4.79 Å². The third-order valence-electron chi connectivity index (χ3n) is 3.11. The van der Waals surface area contributed by atoms with E-state index in [-0.39, 0.29) is 11.9 Å². The molecule has 1 aromatic heterocycles. The lowest BCUT2D eigenvalue weighted by molar-refractivity contribution is 0.103. The van der Waals surface area contributed by atoms with Crippen molar-refractivity contribution in [3.63, 3.8) is 0 Å². The lowest BCUT2D eigenvalue weighted by Crippen LogP contribution is -2.36. The monoisotopic (exact) mass is 348 g/mol. The summed E-state index contributed by atoms with van der Waals surface area (Å²) in [5.41, 5.74) is 6.90. The van der Waals surface area contributed by atoms with Gasteiger partial charge in [0.15, 0.2) is 0 Å². The number of thiophene rings is 1. The van der Waals surface area contributed by atoms with E-state index in [0.29, 0.717) is 35.9 Å². The first kappa shape index (κ1) is 17.8. The lowest BCUT2D eigenvalue weighted by Gasteiger charge is -2.06. The smallest absolute Gasteiger partial charge is 0.315 e. The molecule has 0 radical (unpaired) electrons. The Morgan fingerprint density at radius 3 is 2.71 bits per heavy atom. The fraction of sp³-hybridized carbons (Fsp3) is 0.250. The maximum absolute atomic E-state index is 12.2. The molecule has 2 rings (SSSR count). The molecule has 3 amide bonds. The van der Waals surface area contributed by atoms with E-state index in [1.807, 2.05) is 6.07 Å². The first-order valence-corrected chi connectivity index (χ1v) is 8.17. The van der Waals surface area contributed by atoms with Gasteiger partial charge >= 0.3 is 6.03 Å². The summed E-state index contributed by atoms with van der Waals surface area (Å²) >= 11 is 1.32. The summed E-state index contributed by atoms with van der Waals surface area (Å²) in [5, 5.41) is 8.15. The topological polar surface area (TPSA) is 105 Å². The average Bonchev–Trinajstić information content (AvgIpc) is 3.04. The van der Waals surface area contributed by atoms with E-state index in [1.165, 1.54) is 11.3 Å². The van der Waals surface area contributed by atoms with Gasteiger partial charge in [0.05, 0.1) is 29.4 Å². The van der Waals surface area contributed by atoms with Crippen molar-refractivity contribution in [1.29, 1.82) is 0 Å². The number of nitrogens with one attached hydrogen (secondary N) is 3. The van der Waals surface area contributed by atoms with Crippen LogP contribution in [0.25, 0.3) is 0 Å². The highest BCUT2D eigenvalue weighted by atomic mass is 32.1. The van der Waals surface area contributed by atoms with Crippen LogP contribution < -0.4 is 21.7 Å². The minimum Gasteiger partial charge on any atom is -0.397 e. The van der Waals surface area contributed by atoms with Crippen molar-refractivity contribution in [2.24, 2.45) is 0 Å². The van der Waals surface area contributed by atoms with Crippen LogP contribution in [0.1, 0.15) is 14.5 Å². The Morgan fingerprint density at radius 1 is 1.17 bits per heavy atom. The Balaban J connectivity index is 1.85. The molecule has 128 valence electrons. The van der Waals surface area contributed by atoms with Gasteiger partial charge < -0.3 is 26.4 Å². The minimum absolute atomic E-state index is 0.228. The zero-order valence-corrected chi connectivity index (χ0v) is 14.1. The van der Waals surface area contributed by atoms with Crippen LogP contribution in [0.15, 0.2) is 36.4 Å². The molecule has 8 heteroatoms. The van der Waals surface area contributed by atoms with Crippen LogP contribution >= 0.6 is 11.3 Å². The third kappa shape index (κ3) is 5.25. The number of amides is 3. The Bertz CT molecular complexity index is 702. The number of methoxy groups -OCH3 is 1. The zero-order chi connectivity index (χ0) is 17.4. The second-order valence-electron chi connectivity index (χ2n) is 4.91. The second-order valence-corrected chi connectivity index (χ2v) is 6.08. The number of hydrogen-bond acceptors (Lipinski definition) is 5. The number of para-hydroxylation sites is 2. The first-order chi connectivity index (χ1) is 11.6. The molecule has 0 saturated heterocycles. The molecule has 0 bridgehead atoms. The van der Waals surface area contributed by atoms with Crippen molar-refractivity contribution in [3.8, 4) is 0 Å². The molecule has 0 aliphatic heterocycles. The number of benzene rings is 1. The van der Waals surface area contributed by atoms with Gasteiger partial charge in [-0.05, 0) is 24.3 Å². The van der Waals surface area contributed by atoms with Crippen LogP contribution in [-0.2, 0) is 11.3 Å². The number of nitrogens with two attached hydrogens (primary N) is 1. The number of rotatable bonds is 7. The minimum atomic E-state index is -0.275. The SMILES string of the molecule is COCCNC(=O)NCc1ccc(C(=O)Nc2ccccc2N)s1. The van der Waals surface area contributed by atoms with Crippen LogP contribution in [0.3, 0.4) is 0 Å².